The van der Waals surface area contributed by atoms with Crippen LogP contribution in [-0.4, -0.2) is 9.97 Å². The molecule has 0 aliphatic rings. The molecule has 0 aliphatic heterocycles. The fourth-order valence-electron chi connectivity index (χ4n) is 2.91. The quantitative estimate of drug-likeness (QED) is 0.429. The van der Waals surface area contributed by atoms with Crippen LogP contribution in [0.25, 0.3) is 33.9 Å². The topological polar surface area (TPSA) is 52.5 Å². The summed E-state index contributed by atoms with van der Waals surface area (Å²) in [5, 5.41) is 9.97. The monoisotopic (exact) mass is 389 g/mol. The lowest BCUT2D eigenvalue weighted by Crippen LogP contribution is -1.85. The van der Waals surface area contributed by atoms with Gasteiger partial charge in [-0.2, -0.15) is 5.26 Å². The lowest BCUT2D eigenvalue weighted by molar-refractivity contribution is 1.31. The summed E-state index contributed by atoms with van der Waals surface area (Å²) in [5.41, 5.74) is 4.84. The molecular weight excluding hydrogens is 377 g/mol. The molecule has 27 heavy (non-hydrogen) atoms. The van der Waals surface area contributed by atoms with Crippen molar-refractivity contribution < 1.29 is 0 Å². The molecule has 1 aromatic heterocycles. The zero-order chi connectivity index (χ0) is 18.8. The van der Waals surface area contributed by atoms with Gasteiger partial charge < -0.3 is 4.98 Å². The van der Waals surface area contributed by atoms with Gasteiger partial charge in [-0.15, -0.1) is 0 Å². The summed E-state index contributed by atoms with van der Waals surface area (Å²) in [6.45, 7) is 0. The molecular formula is C22H13Cl2N3. The van der Waals surface area contributed by atoms with Gasteiger partial charge in [0.15, 0.2) is 0 Å². The van der Waals surface area contributed by atoms with Crippen molar-refractivity contribution in [1.82, 2.24) is 9.97 Å². The molecule has 0 radical (unpaired) electrons. The van der Waals surface area contributed by atoms with Crippen molar-refractivity contribution in [3.05, 3.63) is 88.4 Å². The van der Waals surface area contributed by atoms with Gasteiger partial charge in [-0.1, -0.05) is 65.7 Å². The number of nitrogens with zero attached hydrogens (tertiary/aromatic N) is 2. The van der Waals surface area contributed by atoms with Gasteiger partial charge in [0.2, 0.25) is 0 Å². The van der Waals surface area contributed by atoms with E-state index < -0.39 is 0 Å². The maximum absolute atomic E-state index is 9.00. The fraction of sp³-hybridized carbons (Fsp3) is 0. The van der Waals surface area contributed by atoms with Crippen molar-refractivity contribution in [3.8, 4) is 40.0 Å². The number of aromatic nitrogens is 2. The maximum Gasteiger partial charge on any atom is 0.138 e. The Balaban J connectivity index is 1.92. The summed E-state index contributed by atoms with van der Waals surface area (Å²) in [4.78, 5) is 8.19. The predicted octanol–water partition coefficient (Wildman–Crippen LogP) is 6.59. The summed E-state index contributed by atoms with van der Waals surface area (Å²) in [6.07, 6.45) is 0. The van der Waals surface area contributed by atoms with E-state index in [2.05, 4.69) is 11.1 Å². The average molecular weight is 390 g/mol. The van der Waals surface area contributed by atoms with Crippen molar-refractivity contribution in [3.63, 3.8) is 0 Å². The van der Waals surface area contributed by atoms with Crippen LogP contribution in [0.3, 0.4) is 0 Å². The van der Waals surface area contributed by atoms with Crippen molar-refractivity contribution in [2.75, 3.05) is 0 Å². The van der Waals surface area contributed by atoms with E-state index in [-0.39, 0.29) is 0 Å². The first-order valence-electron chi connectivity index (χ1n) is 8.27. The molecule has 0 saturated carbocycles. The zero-order valence-corrected chi connectivity index (χ0v) is 15.6. The molecule has 0 saturated heterocycles. The van der Waals surface area contributed by atoms with E-state index in [4.69, 9.17) is 33.4 Å². The van der Waals surface area contributed by atoms with Crippen LogP contribution in [-0.2, 0) is 0 Å². The minimum absolute atomic E-state index is 0.478. The number of hydrogen-bond acceptors (Lipinski definition) is 2. The van der Waals surface area contributed by atoms with Crippen molar-refractivity contribution in [2.24, 2.45) is 0 Å². The summed E-state index contributed by atoms with van der Waals surface area (Å²) >= 11 is 12.7. The van der Waals surface area contributed by atoms with Crippen LogP contribution in [0.1, 0.15) is 5.56 Å². The summed E-state index contributed by atoms with van der Waals surface area (Å²) < 4.78 is 0. The molecule has 4 rings (SSSR count). The fourth-order valence-corrected chi connectivity index (χ4v) is 3.30. The van der Waals surface area contributed by atoms with E-state index in [1.54, 1.807) is 18.2 Å². The Kier molecular flexibility index (Phi) is 4.68. The van der Waals surface area contributed by atoms with E-state index >= 15 is 0 Å². The Morgan fingerprint density at radius 2 is 1.56 bits per heavy atom. The third kappa shape index (κ3) is 3.33. The summed E-state index contributed by atoms with van der Waals surface area (Å²) in [6, 6.07) is 24.8. The summed E-state index contributed by atoms with van der Waals surface area (Å²) in [5.74, 6) is 0.699. The van der Waals surface area contributed by atoms with Gasteiger partial charge in [-0.05, 0) is 30.3 Å². The molecule has 3 aromatic carbocycles. The molecule has 1 heterocycles. The summed E-state index contributed by atoms with van der Waals surface area (Å²) in [7, 11) is 0. The number of nitrogens with one attached hydrogen (secondary N) is 1. The number of rotatable bonds is 3. The van der Waals surface area contributed by atoms with Gasteiger partial charge in [-0.3, -0.25) is 0 Å². The SMILES string of the molecule is N#Cc1ccc(-c2nc(-c3ccccc3)c(-c3cccc(Cl)c3Cl)[nH]2)cc1. The second-order valence-corrected chi connectivity index (χ2v) is 6.75. The van der Waals surface area contributed by atoms with Gasteiger partial charge in [0.05, 0.1) is 33.1 Å². The molecule has 0 fully saturated rings. The number of H-pyrrole nitrogens is 1. The molecule has 4 aromatic rings. The van der Waals surface area contributed by atoms with E-state index in [1.165, 1.54) is 0 Å². The normalized spacial score (nSPS) is 10.6. The Hall–Kier alpha value is -3.06. The molecule has 0 bridgehead atoms. The van der Waals surface area contributed by atoms with Gasteiger partial charge >= 0.3 is 0 Å². The number of imidazole rings is 1. The van der Waals surface area contributed by atoms with Crippen LogP contribution in [0, 0.1) is 11.3 Å². The molecule has 130 valence electrons. The smallest absolute Gasteiger partial charge is 0.138 e. The van der Waals surface area contributed by atoms with Crippen LogP contribution in [0.4, 0.5) is 0 Å². The predicted molar refractivity (Wildman–Crippen MR) is 110 cm³/mol. The zero-order valence-electron chi connectivity index (χ0n) is 14.1. The first-order valence-corrected chi connectivity index (χ1v) is 9.03. The second kappa shape index (κ2) is 7.28. The van der Waals surface area contributed by atoms with Crippen LogP contribution < -0.4 is 0 Å². The molecule has 1 N–H and O–H groups in total. The number of hydrogen-bond donors (Lipinski definition) is 1. The number of nitriles is 1. The minimum Gasteiger partial charge on any atom is -0.337 e. The Morgan fingerprint density at radius 1 is 0.815 bits per heavy atom. The van der Waals surface area contributed by atoms with Crippen molar-refractivity contribution in [1.29, 1.82) is 5.26 Å². The van der Waals surface area contributed by atoms with Crippen LogP contribution in [0.2, 0.25) is 10.0 Å². The maximum atomic E-state index is 9.00. The molecule has 0 spiro atoms. The van der Waals surface area contributed by atoms with Crippen molar-refractivity contribution in [2.45, 2.75) is 0 Å². The lowest BCUT2D eigenvalue weighted by Gasteiger charge is -2.06. The number of halogens is 2. The molecule has 0 amide bonds. The van der Waals surface area contributed by atoms with E-state index in [1.807, 2.05) is 54.6 Å². The number of benzene rings is 3. The molecule has 3 nitrogen and oxygen atoms in total. The highest BCUT2D eigenvalue weighted by molar-refractivity contribution is 6.43. The third-order valence-corrected chi connectivity index (χ3v) is 5.08. The molecule has 0 unspecified atom stereocenters. The average Bonchev–Trinajstić information content (AvgIpc) is 3.16. The highest BCUT2D eigenvalue weighted by Gasteiger charge is 2.18. The largest absolute Gasteiger partial charge is 0.337 e. The Bertz CT molecular complexity index is 1140. The Morgan fingerprint density at radius 3 is 2.26 bits per heavy atom. The Labute approximate surface area is 166 Å². The van der Waals surface area contributed by atoms with Crippen LogP contribution in [0.5, 0.6) is 0 Å². The van der Waals surface area contributed by atoms with E-state index in [9.17, 15) is 0 Å². The standard InChI is InChI=1S/C22H13Cl2N3/c23-18-8-4-7-17(19(18)24)21-20(15-5-2-1-3-6-15)26-22(27-21)16-11-9-14(13-25)10-12-16/h1-12H,(H,26,27). The molecule has 5 heteroatoms. The van der Waals surface area contributed by atoms with Crippen LogP contribution >= 0.6 is 23.2 Å². The van der Waals surface area contributed by atoms with Gasteiger partial charge in [-0.25, -0.2) is 4.98 Å². The van der Waals surface area contributed by atoms with E-state index in [0.29, 0.717) is 21.4 Å². The van der Waals surface area contributed by atoms with Crippen LogP contribution in [0.15, 0.2) is 72.8 Å². The highest BCUT2D eigenvalue weighted by Crippen LogP contribution is 2.38. The van der Waals surface area contributed by atoms with Crippen molar-refractivity contribution >= 4 is 23.2 Å². The van der Waals surface area contributed by atoms with Gasteiger partial charge in [0, 0.05) is 16.7 Å². The molecule has 0 atom stereocenters. The first-order chi connectivity index (χ1) is 13.2. The second-order valence-electron chi connectivity index (χ2n) is 5.97. The van der Waals surface area contributed by atoms with E-state index in [0.717, 1.165) is 28.1 Å². The third-order valence-electron chi connectivity index (χ3n) is 4.26. The van der Waals surface area contributed by atoms with Gasteiger partial charge in [0.25, 0.3) is 0 Å². The highest BCUT2D eigenvalue weighted by atomic mass is 35.5. The van der Waals surface area contributed by atoms with Gasteiger partial charge in [0.1, 0.15) is 5.82 Å². The first kappa shape index (κ1) is 17.4. The number of aromatic amines is 1. The minimum atomic E-state index is 0.478. The molecule has 0 aliphatic carbocycles. The lowest BCUT2D eigenvalue weighted by atomic mass is 10.1.